The minimum absolute atomic E-state index is 0.0632. The Morgan fingerprint density at radius 3 is 2.81 bits per heavy atom. The summed E-state index contributed by atoms with van der Waals surface area (Å²) >= 11 is 0. The van der Waals surface area contributed by atoms with E-state index >= 15 is 0 Å². The second-order valence-electron chi connectivity index (χ2n) is 4.66. The van der Waals surface area contributed by atoms with Gasteiger partial charge in [-0.3, -0.25) is 10.1 Å². The van der Waals surface area contributed by atoms with Crippen LogP contribution in [0.25, 0.3) is 10.9 Å². The number of benzene rings is 1. The summed E-state index contributed by atoms with van der Waals surface area (Å²) < 4.78 is 5.46. The first-order chi connectivity index (χ1) is 10.1. The highest BCUT2D eigenvalue weighted by atomic mass is 16.6. The monoisotopic (exact) mass is 283 g/mol. The van der Waals surface area contributed by atoms with Crippen molar-refractivity contribution in [1.82, 2.24) is 4.98 Å². The lowest BCUT2D eigenvalue weighted by Gasteiger charge is -2.05. The smallest absolute Gasteiger partial charge is 0.278 e. The Morgan fingerprint density at radius 1 is 1.24 bits per heavy atom. The van der Waals surface area contributed by atoms with Crippen LogP contribution in [0.15, 0.2) is 46.9 Å². The quantitative estimate of drug-likeness (QED) is 0.583. The largest absolute Gasteiger partial charge is 0.465 e. The second kappa shape index (κ2) is 5.24. The van der Waals surface area contributed by atoms with Gasteiger partial charge in [-0.1, -0.05) is 6.07 Å². The van der Waals surface area contributed by atoms with Gasteiger partial charge in [0, 0.05) is 6.07 Å². The molecule has 1 aromatic carbocycles. The Balaban J connectivity index is 1.86. The number of nitro benzene ring substituents is 1. The zero-order valence-electron chi connectivity index (χ0n) is 11.4. The van der Waals surface area contributed by atoms with E-state index in [1.54, 1.807) is 24.3 Å². The zero-order valence-corrected chi connectivity index (χ0v) is 11.4. The molecule has 0 spiro atoms. The number of aromatic nitrogens is 1. The topological polar surface area (TPSA) is 81.2 Å². The number of fused-ring (bicyclic) bond motifs is 1. The molecule has 0 aliphatic carbocycles. The van der Waals surface area contributed by atoms with Gasteiger partial charge in [0.25, 0.3) is 5.69 Å². The molecular weight excluding hydrogens is 270 g/mol. The number of nitro groups is 1. The van der Waals surface area contributed by atoms with Crippen LogP contribution in [0.3, 0.4) is 0 Å². The molecule has 106 valence electrons. The first-order valence-corrected chi connectivity index (χ1v) is 6.47. The van der Waals surface area contributed by atoms with Gasteiger partial charge in [0.2, 0.25) is 0 Å². The molecule has 6 heteroatoms. The van der Waals surface area contributed by atoms with Crippen molar-refractivity contribution in [3.05, 3.63) is 64.1 Å². The predicted molar refractivity (Wildman–Crippen MR) is 79.2 cm³/mol. The number of rotatable bonds is 4. The van der Waals surface area contributed by atoms with Crippen LogP contribution < -0.4 is 5.32 Å². The molecule has 0 aliphatic rings. The lowest BCUT2D eigenvalue weighted by atomic mass is 10.2. The molecule has 3 rings (SSSR count). The van der Waals surface area contributed by atoms with Crippen LogP contribution in [0.1, 0.15) is 11.5 Å². The lowest BCUT2D eigenvalue weighted by Crippen LogP contribution is -2.00. The third-order valence-electron chi connectivity index (χ3n) is 3.15. The molecule has 0 unspecified atom stereocenters. The molecule has 0 radical (unpaired) electrons. The van der Waals surface area contributed by atoms with E-state index in [0.29, 0.717) is 23.3 Å². The highest BCUT2D eigenvalue weighted by molar-refractivity contribution is 5.88. The number of pyridine rings is 1. The molecule has 1 N–H and O–H groups in total. The number of non-ortho nitro benzene ring substituents is 1. The fourth-order valence-corrected chi connectivity index (χ4v) is 2.15. The average molecular weight is 283 g/mol. The summed E-state index contributed by atoms with van der Waals surface area (Å²) in [7, 11) is 0. The Morgan fingerprint density at radius 2 is 2.10 bits per heavy atom. The molecular formula is C15H13N3O3. The van der Waals surface area contributed by atoms with Gasteiger partial charge in [-0.25, -0.2) is 4.98 Å². The van der Waals surface area contributed by atoms with Gasteiger partial charge in [-0.05, 0) is 37.3 Å². The van der Waals surface area contributed by atoms with Gasteiger partial charge in [-0.15, -0.1) is 0 Å². The van der Waals surface area contributed by atoms with Gasteiger partial charge < -0.3 is 9.73 Å². The highest BCUT2D eigenvalue weighted by Crippen LogP contribution is 2.25. The first-order valence-electron chi connectivity index (χ1n) is 6.47. The van der Waals surface area contributed by atoms with E-state index in [0.717, 1.165) is 11.5 Å². The van der Waals surface area contributed by atoms with Crippen molar-refractivity contribution in [2.45, 2.75) is 13.5 Å². The Kier molecular flexibility index (Phi) is 3.27. The Hall–Kier alpha value is -2.89. The third kappa shape index (κ3) is 2.69. The molecule has 0 saturated heterocycles. The maximum atomic E-state index is 11.0. The number of anilines is 1. The molecule has 0 aliphatic heterocycles. The average Bonchev–Trinajstić information content (AvgIpc) is 2.89. The number of hydrogen-bond acceptors (Lipinski definition) is 5. The molecule has 0 fully saturated rings. The van der Waals surface area contributed by atoms with Crippen LogP contribution in [0.2, 0.25) is 0 Å². The van der Waals surface area contributed by atoms with Crippen LogP contribution in [-0.2, 0) is 6.54 Å². The van der Waals surface area contributed by atoms with E-state index in [9.17, 15) is 10.1 Å². The summed E-state index contributed by atoms with van der Waals surface area (Å²) in [6.07, 6.45) is 0. The maximum absolute atomic E-state index is 11.0. The Bertz CT molecular complexity index is 811. The van der Waals surface area contributed by atoms with Crippen LogP contribution in [0.4, 0.5) is 11.5 Å². The Labute approximate surface area is 120 Å². The highest BCUT2D eigenvalue weighted by Gasteiger charge is 2.12. The van der Waals surface area contributed by atoms with E-state index in [-0.39, 0.29) is 5.69 Å². The van der Waals surface area contributed by atoms with Crippen LogP contribution in [0, 0.1) is 17.0 Å². The molecule has 3 aromatic rings. The van der Waals surface area contributed by atoms with Crippen molar-refractivity contribution in [2.24, 2.45) is 0 Å². The fourth-order valence-electron chi connectivity index (χ4n) is 2.15. The fraction of sp³-hybridized carbons (Fsp3) is 0.133. The van der Waals surface area contributed by atoms with Crippen molar-refractivity contribution < 1.29 is 9.34 Å². The van der Waals surface area contributed by atoms with E-state index < -0.39 is 4.92 Å². The first kappa shape index (κ1) is 13.1. The van der Waals surface area contributed by atoms with Crippen LogP contribution in [-0.4, -0.2) is 9.91 Å². The van der Waals surface area contributed by atoms with Crippen molar-refractivity contribution in [1.29, 1.82) is 0 Å². The minimum Gasteiger partial charge on any atom is -0.465 e. The minimum atomic E-state index is -0.400. The molecule has 0 bridgehead atoms. The van der Waals surface area contributed by atoms with E-state index in [4.69, 9.17) is 4.42 Å². The lowest BCUT2D eigenvalue weighted by molar-refractivity contribution is -0.383. The van der Waals surface area contributed by atoms with Crippen molar-refractivity contribution >= 4 is 22.4 Å². The molecule has 0 saturated carbocycles. The summed E-state index contributed by atoms with van der Waals surface area (Å²) in [5.74, 6) is 2.32. The number of nitrogens with one attached hydrogen (secondary N) is 1. The number of nitrogens with zero attached hydrogens (tertiary/aromatic N) is 2. The van der Waals surface area contributed by atoms with Crippen molar-refractivity contribution in [2.75, 3.05) is 5.32 Å². The SMILES string of the molecule is Cc1ccc(CNc2ccc3c([N+](=O)[O-])cccc3n2)o1. The molecule has 0 amide bonds. The summed E-state index contributed by atoms with van der Waals surface area (Å²) in [6.45, 7) is 2.40. The second-order valence-corrected chi connectivity index (χ2v) is 4.66. The van der Waals surface area contributed by atoms with Gasteiger partial charge in [0.05, 0.1) is 22.4 Å². The standard InChI is InChI=1S/C15H13N3O3/c1-10-5-6-11(21-10)9-16-15-8-7-12-13(17-15)3-2-4-14(12)18(19)20/h2-8H,9H2,1H3,(H,16,17). The van der Waals surface area contributed by atoms with Crippen molar-refractivity contribution in [3.63, 3.8) is 0 Å². The summed E-state index contributed by atoms with van der Waals surface area (Å²) in [5, 5.41) is 14.6. The molecule has 21 heavy (non-hydrogen) atoms. The number of aryl methyl sites for hydroxylation is 1. The van der Waals surface area contributed by atoms with E-state index in [2.05, 4.69) is 10.3 Å². The summed E-state index contributed by atoms with van der Waals surface area (Å²) in [5.41, 5.74) is 0.651. The molecule has 2 heterocycles. The molecule has 6 nitrogen and oxygen atoms in total. The number of furan rings is 1. The predicted octanol–water partition coefficient (Wildman–Crippen LogP) is 3.66. The van der Waals surface area contributed by atoms with E-state index in [1.807, 2.05) is 19.1 Å². The zero-order chi connectivity index (χ0) is 14.8. The van der Waals surface area contributed by atoms with E-state index in [1.165, 1.54) is 6.07 Å². The number of hydrogen-bond donors (Lipinski definition) is 1. The van der Waals surface area contributed by atoms with Gasteiger partial charge in [-0.2, -0.15) is 0 Å². The van der Waals surface area contributed by atoms with Gasteiger partial charge in [0.1, 0.15) is 17.3 Å². The third-order valence-corrected chi connectivity index (χ3v) is 3.15. The normalized spacial score (nSPS) is 10.7. The van der Waals surface area contributed by atoms with Gasteiger partial charge in [0.15, 0.2) is 0 Å². The van der Waals surface area contributed by atoms with Crippen molar-refractivity contribution in [3.8, 4) is 0 Å². The van der Waals surface area contributed by atoms with Gasteiger partial charge >= 0.3 is 0 Å². The maximum Gasteiger partial charge on any atom is 0.278 e. The summed E-state index contributed by atoms with van der Waals surface area (Å²) in [6, 6.07) is 12.1. The molecule has 0 atom stereocenters. The molecule has 2 aromatic heterocycles. The van der Waals surface area contributed by atoms with Crippen LogP contribution >= 0.6 is 0 Å². The summed E-state index contributed by atoms with van der Waals surface area (Å²) in [4.78, 5) is 14.9. The van der Waals surface area contributed by atoms with Crippen LogP contribution in [0.5, 0.6) is 0 Å².